The Kier molecular flexibility index (Phi) is 4.74. The molecule has 24 heavy (non-hydrogen) atoms. The van der Waals surface area contributed by atoms with Crippen LogP contribution in [0.2, 0.25) is 0 Å². The highest BCUT2D eigenvalue weighted by Gasteiger charge is 2.14. The minimum atomic E-state index is 0.251. The molecule has 3 aromatic heterocycles. The van der Waals surface area contributed by atoms with E-state index in [2.05, 4.69) is 27.0 Å². The van der Waals surface area contributed by atoms with Crippen molar-refractivity contribution in [1.29, 1.82) is 0 Å². The number of nitrogens with two attached hydrogens (primary N) is 1. The molecular weight excluding hydrogens is 308 g/mol. The number of hydrogen-bond acceptors (Lipinski definition) is 7. The Morgan fingerprint density at radius 1 is 1.29 bits per heavy atom. The number of unbranched alkanes of at least 4 members (excludes halogenated alkanes) is 1. The SMILES string of the molecule is CCCCOc1nc(N)c2ncc(Cc3ncccc3OC)n2n1. The van der Waals surface area contributed by atoms with E-state index in [-0.39, 0.29) is 11.8 Å². The van der Waals surface area contributed by atoms with E-state index >= 15 is 0 Å². The third-order valence-corrected chi connectivity index (χ3v) is 3.59. The minimum Gasteiger partial charge on any atom is -0.495 e. The summed E-state index contributed by atoms with van der Waals surface area (Å²) in [5, 5.41) is 4.39. The molecule has 0 saturated carbocycles. The van der Waals surface area contributed by atoms with Crippen LogP contribution in [0.3, 0.4) is 0 Å². The van der Waals surface area contributed by atoms with Gasteiger partial charge in [0.15, 0.2) is 11.5 Å². The molecule has 3 aromatic rings. The number of anilines is 1. The van der Waals surface area contributed by atoms with Crippen LogP contribution in [0, 0.1) is 0 Å². The van der Waals surface area contributed by atoms with Crippen LogP contribution in [0.15, 0.2) is 24.5 Å². The van der Waals surface area contributed by atoms with Crippen molar-refractivity contribution in [3.05, 3.63) is 35.9 Å². The molecule has 0 fully saturated rings. The Hall–Kier alpha value is -2.90. The number of hydrogen-bond donors (Lipinski definition) is 1. The van der Waals surface area contributed by atoms with Crippen LogP contribution in [-0.2, 0) is 6.42 Å². The van der Waals surface area contributed by atoms with E-state index in [0.29, 0.717) is 24.4 Å². The summed E-state index contributed by atoms with van der Waals surface area (Å²) in [7, 11) is 1.62. The minimum absolute atomic E-state index is 0.251. The van der Waals surface area contributed by atoms with Crippen LogP contribution in [-0.4, -0.2) is 38.3 Å². The maximum Gasteiger partial charge on any atom is 0.336 e. The molecule has 0 aliphatic heterocycles. The summed E-state index contributed by atoms with van der Waals surface area (Å²) in [6.07, 6.45) is 5.92. The highest BCUT2D eigenvalue weighted by molar-refractivity contribution is 5.59. The smallest absolute Gasteiger partial charge is 0.336 e. The van der Waals surface area contributed by atoms with E-state index in [1.807, 2.05) is 12.1 Å². The van der Waals surface area contributed by atoms with E-state index in [1.54, 1.807) is 24.0 Å². The lowest BCUT2D eigenvalue weighted by atomic mass is 10.2. The fourth-order valence-electron chi connectivity index (χ4n) is 2.33. The molecule has 0 aromatic carbocycles. The van der Waals surface area contributed by atoms with Crippen LogP contribution in [0.1, 0.15) is 31.2 Å². The van der Waals surface area contributed by atoms with Crippen LogP contribution in [0.5, 0.6) is 11.8 Å². The molecule has 0 bridgehead atoms. The summed E-state index contributed by atoms with van der Waals surface area (Å²) in [5.41, 5.74) is 8.10. The standard InChI is InChI=1S/C16H20N6O2/c1-3-4-8-24-16-20-14(17)15-19-10-11(22(15)21-16)9-12-13(23-2)6-5-7-18-12/h5-7,10H,3-4,8-9H2,1-2H3,(H2,17,20,21). The zero-order valence-corrected chi connectivity index (χ0v) is 13.8. The molecule has 0 amide bonds. The van der Waals surface area contributed by atoms with Crippen LogP contribution in [0.4, 0.5) is 5.82 Å². The molecule has 0 aliphatic rings. The first-order chi connectivity index (χ1) is 11.7. The van der Waals surface area contributed by atoms with Crippen LogP contribution >= 0.6 is 0 Å². The number of pyridine rings is 1. The predicted molar refractivity (Wildman–Crippen MR) is 89.2 cm³/mol. The lowest BCUT2D eigenvalue weighted by molar-refractivity contribution is 0.280. The zero-order chi connectivity index (χ0) is 16.9. The summed E-state index contributed by atoms with van der Waals surface area (Å²) in [5.74, 6) is 1.00. The molecule has 3 rings (SSSR count). The Labute approximate surface area is 139 Å². The van der Waals surface area contributed by atoms with Gasteiger partial charge >= 0.3 is 6.01 Å². The average Bonchev–Trinajstić information content (AvgIpc) is 2.99. The molecule has 0 atom stereocenters. The normalized spacial score (nSPS) is 10.9. The van der Waals surface area contributed by atoms with Gasteiger partial charge in [0.1, 0.15) is 5.75 Å². The van der Waals surface area contributed by atoms with Gasteiger partial charge in [0.2, 0.25) is 0 Å². The fraction of sp³-hybridized carbons (Fsp3) is 0.375. The number of ether oxygens (including phenoxy) is 2. The average molecular weight is 328 g/mol. The Morgan fingerprint density at radius 3 is 2.96 bits per heavy atom. The largest absolute Gasteiger partial charge is 0.495 e. The van der Waals surface area contributed by atoms with Gasteiger partial charge in [0.05, 0.1) is 31.3 Å². The van der Waals surface area contributed by atoms with E-state index in [0.717, 1.165) is 24.2 Å². The molecule has 8 heteroatoms. The number of rotatable bonds is 7. The number of nitrogens with zero attached hydrogens (tertiary/aromatic N) is 5. The molecule has 0 radical (unpaired) electrons. The van der Waals surface area contributed by atoms with Crippen molar-refractivity contribution >= 4 is 11.5 Å². The number of aromatic nitrogens is 5. The van der Waals surface area contributed by atoms with Crippen molar-refractivity contribution in [3.63, 3.8) is 0 Å². The van der Waals surface area contributed by atoms with E-state index in [4.69, 9.17) is 15.2 Å². The van der Waals surface area contributed by atoms with Crippen LogP contribution in [0.25, 0.3) is 5.65 Å². The van der Waals surface area contributed by atoms with Crippen LogP contribution < -0.4 is 15.2 Å². The monoisotopic (exact) mass is 328 g/mol. The van der Waals surface area contributed by atoms with E-state index in [9.17, 15) is 0 Å². The summed E-state index contributed by atoms with van der Waals surface area (Å²) < 4.78 is 12.6. The number of methoxy groups -OCH3 is 1. The molecule has 3 heterocycles. The Balaban J connectivity index is 1.93. The van der Waals surface area contributed by atoms with Gasteiger partial charge in [-0.15, -0.1) is 5.10 Å². The van der Waals surface area contributed by atoms with Gasteiger partial charge in [0.25, 0.3) is 0 Å². The maximum absolute atomic E-state index is 5.97. The lowest BCUT2D eigenvalue weighted by Gasteiger charge is -2.08. The Bertz CT molecular complexity index is 833. The Morgan fingerprint density at radius 2 is 2.17 bits per heavy atom. The second kappa shape index (κ2) is 7.12. The van der Waals surface area contributed by atoms with Crippen molar-refractivity contribution in [2.75, 3.05) is 19.5 Å². The van der Waals surface area contributed by atoms with Crippen molar-refractivity contribution < 1.29 is 9.47 Å². The zero-order valence-electron chi connectivity index (χ0n) is 13.8. The number of imidazole rings is 1. The number of nitrogen functional groups attached to an aromatic ring is 1. The molecule has 126 valence electrons. The molecule has 0 spiro atoms. The molecule has 8 nitrogen and oxygen atoms in total. The van der Waals surface area contributed by atoms with Gasteiger partial charge in [0, 0.05) is 12.6 Å². The highest BCUT2D eigenvalue weighted by Crippen LogP contribution is 2.21. The number of fused-ring (bicyclic) bond motifs is 1. The van der Waals surface area contributed by atoms with Gasteiger partial charge in [-0.2, -0.15) is 4.98 Å². The summed E-state index contributed by atoms with van der Waals surface area (Å²) >= 11 is 0. The first-order valence-electron chi connectivity index (χ1n) is 7.83. The lowest BCUT2D eigenvalue weighted by Crippen LogP contribution is -2.09. The molecular formula is C16H20N6O2. The van der Waals surface area contributed by atoms with E-state index in [1.165, 1.54) is 0 Å². The van der Waals surface area contributed by atoms with Gasteiger partial charge in [-0.1, -0.05) is 13.3 Å². The second-order valence-corrected chi connectivity index (χ2v) is 5.30. The molecule has 2 N–H and O–H groups in total. The summed E-state index contributed by atoms with van der Waals surface area (Å²) in [6, 6.07) is 3.95. The van der Waals surface area contributed by atoms with Crippen molar-refractivity contribution in [1.82, 2.24) is 24.6 Å². The molecule has 0 aliphatic carbocycles. The topological polar surface area (TPSA) is 100 Å². The van der Waals surface area contributed by atoms with Gasteiger partial charge in [-0.3, -0.25) is 4.98 Å². The van der Waals surface area contributed by atoms with Gasteiger partial charge in [-0.25, -0.2) is 9.50 Å². The van der Waals surface area contributed by atoms with Crippen molar-refractivity contribution in [2.24, 2.45) is 0 Å². The van der Waals surface area contributed by atoms with Gasteiger partial charge in [-0.05, 0) is 18.6 Å². The predicted octanol–water partition coefficient (Wildman–Crippen LogP) is 1.88. The highest BCUT2D eigenvalue weighted by atomic mass is 16.5. The third-order valence-electron chi connectivity index (χ3n) is 3.59. The molecule has 0 unspecified atom stereocenters. The van der Waals surface area contributed by atoms with Crippen molar-refractivity contribution in [2.45, 2.75) is 26.2 Å². The molecule has 0 saturated heterocycles. The van der Waals surface area contributed by atoms with Crippen molar-refractivity contribution in [3.8, 4) is 11.8 Å². The quantitative estimate of drug-likeness (QED) is 0.661. The first-order valence-corrected chi connectivity index (χ1v) is 7.83. The third kappa shape index (κ3) is 3.22. The second-order valence-electron chi connectivity index (χ2n) is 5.30. The summed E-state index contributed by atoms with van der Waals surface area (Å²) in [4.78, 5) is 12.8. The van der Waals surface area contributed by atoms with E-state index < -0.39 is 0 Å². The summed E-state index contributed by atoms with van der Waals surface area (Å²) in [6.45, 7) is 2.65. The maximum atomic E-state index is 5.97. The first kappa shape index (κ1) is 16.0. The fourth-order valence-corrected chi connectivity index (χ4v) is 2.33. The van der Waals surface area contributed by atoms with Gasteiger partial charge < -0.3 is 15.2 Å².